The van der Waals surface area contributed by atoms with E-state index in [0.29, 0.717) is 17.4 Å². The topological polar surface area (TPSA) is 42.7 Å². The monoisotopic (exact) mass is 284 g/mol. The summed E-state index contributed by atoms with van der Waals surface area (Å²) in [6.45, 7) is 7.11. The molecule has 4 nitrogen and oxygen atoms in total. The van der Waals surface area contributed by atoms with E-state index in [-0.39, 0.29) is 0 Å². The molecule has 2 aromatic rings. The SMILES string of the molecule is CC1CC(C)(C)CCC1Nc1ccccc1-n1cncn1. The standard InChI is InChI=1S/C17H24N4/c1-13-10-17(2,3)9-8-14(13)20-15-6-4-5-7-16(15)21-12-18-11-19-21/h4-7,11-14,20H,8-10H2,1-3H3. The lowest BCUT2D eigenvalue weighted by Gasteiger charge is -2.40. The molecule has 1 heterocycles. The summed E-state index contributed by atoms with van der Waals surface area (Å²) < 4.78 is 1.82. The van der Waals surface area contributed by atoms with E-state index in [1.54, 1.807) is 12.7 Å². The highest BCUT2D eigenvalue weighted by atomic mass is 15.3. The van der Waals surface area contributed by atoms with Gasteiger partial charge in [-0.25, -0.2) is 9.67 Å². The van der Waals surface area contributed by atoms with Crippen molar-refractivity contribution in [3.05, 3.63) is 36.9 Å². The first-order valence-electron chi connectivity index (χ1n) is 7.76. The molecule has 0 saturated heterocycles. The fourth-order valence-corrected chi connectivity index (χ4v) is 3.49. The fourth-order valence-electron chi connectivity index (χ4n) is 3.49. The molecule has 1 N–H and O–H groups in total. The lowest BCUT2D eigenvalue weighted by Crippen LogP contribution is -2.37. The minimum atomic E-state index is 0.475. The van der Waals surface area contributed by atoms with Crippen LogP contribution in [0.1, 0.15) is 40.0 Å². The van der Waals surface area contributed by atoms with Gasteiger partial charge < -0.3 is 5.32 Å². The van der Waals surface area contributed by atoms with Gasteiger partial charge >= 0.3 is 0 Å². The van der Waals surface area contributed by atoms with E-state index in [2.05, 4.69) is 54.4 Å². The van der Waals surface area contributed by atoms with Gasteiger partial charge in [0.2, 0.25) is 0 Å². The lowest BCUT2D eigenvalue weighted by atomic mass is 9.70. The molecule has 0 radical (unpaired) electrons. The first kappa shape index (κ1) is 14.1. The van der Waals surface area contributed by atoms with Crippen molar-refractivity contribution in [3.8, 4) is 5.69 Å². The highest BCUT2D eigenvalue weighted by molar-refractivity contribution is 5.61. The number of hydrogen-bond donors (Lipinski definition) is 1. The van der Waals surface area contributed by atoms with Crippen molar-refractivity contribution in [3.63, 3.8) is 0 Å². The van der Waals surface area contributed by atoms with Crippen molar-refractivity contribution in [1.29, 1.82) is 0 Å². The molecule has 1 saturated carbocycles. The molecule has 4 heteroatoms. The van der Waals surface area contributed by atoms with Crippen molar-refractivity contribution in [2.45, 2.75) is 46.1 Å². The summed E-state index contributed by atoms with van der Waals surface area (Å²) in [4.78, 5) is 4.04. The predicted molar refractivity (Wildman–Crippen MR) is 85.6 cm³/mol. The summed E-state index contributed by atoms with van der Waals surface area (Å²) in [6.07, 6.45) is 7.09. The Morgan fingerprint density at radius 2 is 2.10 bits per heavy atom. The summed E-state index contributed by atoms with van der Waals surface area (Å²) in [7, 11) is 0. The number of anilines is 1. The van der Waals surface area contributed by atoms with Crippen LogP contribution in [0.5, 0.6) is 0 Å². The van der Waals surface area contributed by atoms with Crippen LogP contribution in [0.25, 0.3) is 5.69 Å². The maximum absolute atomic E-state index is 4.25. The van der Waals surface area contributed by atoms with Crippen LogP contribution in [-0.4, -0.2) is 20.8 Å². The van der Waals surface area contributed by atoms with Crippen molar-refractivity contribution < 1.29 is 0 Å². The van der Waals surface area contributed by atoms with Crippen LogP contribution in [0, 0.1) is 11.3 Å². The molecule has 2 unspecified atom stereocenters. The van der Waals surface area contributed by atoms with Gasteiger partial charge in [0.05, 0.1) is 11.4 Å². The zero-order valence-electron chi connectivity index (χ0n) is 13.1. The molecule has 1 aromatic carbocycles. The number of nitrogens with one attached hydrogen (secondary N) is 1. The molecule has 3 rings (SSSR count). The highest BCUT2D eigenvalue weighted by Gasteiger charge is 2.32. The molecule has 112 valence electrons. The number of nitrogens with zero attached hydrogens (tertiary/aromatic N) is 3. The molecular formula is C17H24N4. The van der Waals surface area contributed by atoms with Gasteiger partial charge in [0.15, 0.2) is 0 Å². The van der Waals surface area contributed by atoms with Gasteiger partial charge in [-0.3, -0.25) is 0 Å². The summed E-state index contributed by atoms with van der Waals surface area (Å²) in [6, 6.07) is 8.84. The van der Waals surface area contributed by atoms with Crippen molar-refractivity contribution in [1.82, 2.24) is 14.8 Å². The van der Waals surface area contributed by atoms with E-state index in [1.807, 2.05) is 10.7 Å². The molecule has 2 atom stereocenters. The summed E-state index contributed by atoms with van der Waals surface area (Å²) in [5.74, 6) is 0.678. The van der Waals surface area contributed by atoms with E-state index < -0.39 is 0 Å². The second kappa shape index (κ2) is 5.51. The molecule has 0 spiro atoms. The first-order valence-corrected chi connectivity index (χ1v) is 7.76. The number of rotatable bonds is 3. The minimum absolute atomic E-state index is 0.475. The average Bonchev–Trinajstić information content (AvgIpc) is 2.96. The van der Waals surface area contributed by atoms with Crippen molar-refractivity contribution in [2.75, 3.05) is 5.32 Å². The van der Waals surface area contributed by atoms with Crippen LogP contribution < -0.4 is 5.32 Å². The minimum Gasteiger partial charge on any atom is -0.380 e. The molecule has 0 bridgehead atoms. The summed E-state index contributed by atoms with van der Waals surface area (Å²) in [5.41, 5.74) is 2.68. The molecule has 1 aliphatic carbocycles. The quantitative estimate of drug-likeness (QED) is 0.929. The summed E-state index contributed by atoms with van der Waals surface area (Å²) >= 11 is 0. The first-order chi connectivity index (χ1) is 10.1. The third-order valence-corrected chi connectivity index (χ3v) is 4.60. The molecule has 1 aliphatic rings. The van der Waals surface area contributed by atoms with Crippen LogP contribution in [-0.2, 0) is 0 Å². The Morgan fingerprint density at radius 1 is 1.29 bits per heavy atom. The second-order valence-corrected chi connectivity index (χ2v) is 6.99. The van der Waals surface area contributed by atoms with E-state index in [1.165, 1.54) is 19.3 Å². The van der Waals surface area contributed by atoms with Crippen molar-refractivity contribution >= 4 is 5.69 Å². The van der Waals surface area contributed by atoms with Gasteiger partial charge in [-0.2, -0.15) is 5.10 Å². The van der Waals surface area contributed by atoms with Gasteiger partial charge in [-0.05, 0) is 42.7 Å². The van der Waals surface area contributed by atoms with E-state index >= 15 is 0 Å². The summed E-state index contributed by atoms with van der Waals surface area (Å²) in [5, 5.41) is 7.98. The van der Waals surface area contributed by atoms with Crippen LogP contribution in [0.2, 0.25) is 0 Å². The van der Waals surface area contributed by atoms with Crippen molar-refractivity contribution in [2.24, 2.45) is 11.3 Å². The van der Waals surface area contributed by atoms with Crippen LogP contribution >= 0.6 is 0 Å². The second-order valence-electron chi connectivity index (χ2n) is 6.99. The van der Waals surface area contributed by atoms with E-state index in [4.69, 9.17) is 0 Å². The maximum Gasteiger partial charge on any atom is 0.138 e. The molecule has 1 fully saturated rings. The Hall–Kier alpha value is -1.84. The third-order valence-electron chi connectivity index (χ3n) is 4.60. The molecule has 0 aliphatic heterocycles. The number of para-hydroxylation sites is 2. The smallest absolute Gasteiger partial charge is 0.138 e. The van der Waals surface area contributed by atoms with Gasteiger partial charge in [0.1, 0.15) is 12.7 Å². The highest BCUT2D eigenvalue weighted by Crippen LogP contribution is 2.39. The van der Waals surface area contributed by atoms with Crippen LogP contribution in [0.15, 0.2) is 36.9 Å². The van der Waals surface area contributed by atoms with E-state index in [9.17, 15) is 0 Å². The number of benzene rings is 1. The molecule has 1 aromatic heterocycles. The Morgan fingerprint density at radius 3 is 2.81 bits per heavy atom. The Bertz CT molecular complexity index is 589. The Labute approximate surface area is 126 Å². The van der Waals surface area contributed by atoms with Gasteiger partial charge in [0, 0.05) is 6.04 Å². The molecular weight excluding hydrogens is 260 g/mol. The predicted octanol–water partition coefficient (Wildman–Crippen LogP) is 3.89. The maximum atomic E-state index is 4.25. The Balaban J connectivity index is 1.80. The third kappa shape index (κ3) is 3.09. The van der Waals surface area contributed by atoms with E-state index in [0.717, 1.165) is 11.4 Å². The largest absolute Gasteiger partial charge is 0.380 e. The van der Waals surface area contributed by atoms with Crippen LogP contribution in [0.4, 0.5) is 5.69 Å². The van der Waals surface area contributed by atoms with Gasteiger partial charge in [0.25, 0.3) is 0 Å². The number of hydrogen-bond acceptors (Lipinski definition) is 3. The lowest BCUT2D eigenvalue weighted by molar-refractivity contribution is 0.177. The number of aromatic nitrogens is 3. The normalized spacial score (nSPS) is 24.7. The molecule has 0 amide bonds. The average molecular weight is 284 g/mol. The Kier molecular flexibility index (Phi) is 3.70. The fraction of sp³-hybridized carbons (Fsp3) is 0.529. The van der Waals surface area contributed by atoms with Gasteiger partial charge in [-0.15, -0.1) is 0 Å². The van der Waals surface area contributed by atoms with Gasteiger partial charge in [-0.1, -0.05) is 32.9 Å². The zero-order chi connectivity index (χ0) is 14.9. The zero-order valence-corrected chi connectivity index (χ0v) is 13.1. The molecule has 21 heavy (non-hydrogen) atoms. The van der Waals surface area contributed by atoms with Crippen LogP contribution in [0.3, 0.4) is 0 Å².